The average Bonchev–Trinajstić information content (AvgIpc) is 3.00. The van der Waals surface area contributed by atoms with Crippen molar-refractivity contribution >= 4 is 38.3 Å². The predicted molar refractivity (Wildman–Crippen MR) is 94.8 cm³/mol. The molecule has 0 radical (unpaired) electrons. The number of non-ortho nitro benzene ring substituents is 1. The minimum absolute atomic E-state index is 0.0368. The van der Waals surface area contributed by atoms with Crippen LogP contribution in [0.25, 0.3) is 10.2 Å². The number of nitro groups is 1. The summed E-state index contributed by atoms with van der Waals surface area (Å²) in [4.78, 5) is 29.2. The number of rotatable bonds is 4. The number of hydrogen-bond acceptors (Lipinski definition) is 5. The third-order valence-corrected chi connectivity index (χ3v) is 4.77. The first-order chi connectivity index (χ1) is 11.5. The Morgan fingerprint density at radius 2 is 1.96 bits per heavy atom. The second-order valence-corrected chi connectivity index (χ2v) is 6.28. The number of amides is 1. The van der Waals surface area contributed by atoms with E-state index in [1.54, 1.807) is 4.90 Å². The monoisotopic (exact) mass is 341 g/mol. The van der Waals surface area contributed by atoms with Gasteiger partial charge in [-0.2, -0.15) is 0 Å². The van der Waals surface area contributed by atoms with Gasteiger partial charge in [-0.15, -0.1) is 0 Å². The van der Waals surface area contributed by atoms with Crippen LogP contribution in [0.2, 0.25) is 0 Å². The molecule has 0 fully saturated rings. The Labute approximate surface area is 142 Å². The fraction of sp³-hybridized carbons (Fsp3) is 0.176. The van der Waals surface area contributed by atoms with Crippen molar-refractivity contribution < 1.29 is 9.72 Å². The third-order valence-electron chi connectivity index (χ3n) is 3.73. The summed E-state index contributed by atoms with van der Waals surface area (Å²) in [6.07, 6.45) is 0. The van der Waals surface area contributed by atoms with Crippen molar-refractivity contribution in [3.8, 4) is 0 Å². The van der Waals surface area contributed by atoms with Gasteiger partial charge in [0.2, 0.25) is 0 Å². The van der Waals surface area contributed by atoms with Crippen LogP contribution in [0.4, 0.5) is 10.8 Å². The minimum atomic E-state index is -0.484. The number of carbonyl (C=O) groups is 1. The lowest BCUT2D eigenvalue weighted by Gasteiger charge is -2.17. The molecular formula is C17H15N3O3S. The van der Waals surface area contributed by atoms with Gasteiger partial charge in [0, 0.05) is 24.2 Å². The molecule has 24 heavy (non-hydrogen) atoms. The Bertz CT molecular complexity index is 918. The van der Waals surface area contributed by atoms with Crippen LogP contribution >= 0.6 is 11.3 Å². The SMILES string of the molecule is CCN(C(=O)c1ccc([N+](=O)[O-])cc1)c1nc2c(C)cccc2s1. The van der Waals surface area contributed by atoms with Crippen LogP contribution in [-0.2, 0) is 0 Å². The summed E-state index contributed by atoms with van der Waals surface area (Å²) < 4.78 is 1.03. The number of benzene rings is 2. The Morgan fingerprint density at radius 3 is 2.54 bits per heavy atom. The molecule has 0 bridgehead atoms. The van der Waals surface area contributed by atoms with E-state index in [-0.39, 0.29) is 11.6 Å². The van der Waals surface area contributed by atoms with Gasteiger partial charge in [-0.1, -0.05) is 23.5 Å². The van der Waals surface area contributed by atoms with Crippen molar-refractivity contribution in [2.24, 2.45) is 0 Å². The van der Waals surface area contributed by atoms with Gasteiger partial charge in [-0.05, 0) is 37.6 Å². The van der Waals surface area contributed by atoms with E-state index >= 15 is 0 Å². The van der Waals surface area contributed by atoms with E-state index in [9.17, 15) is 14.9 Å². The number of nitrogens with zero attached hydrogens (tertiary/aromatic N) is 3. The Morgan fingerprint density at radius 1 is 1.25 bits per heavy atom. The Hall–Kier alpha value is -2.80. The third kappa shape index (κ3) is 2.85. The molecule has 0 saturated heterocycles. The molecule has 1 amide bonds. The fourth-order valence-electron chi connectivity index (χ4n) is 2.44. The van der Waals surface area contributed by atoms with Gasteiger partial charge >= 0.3 is 0 Å². The number of aryl methyl sites for hydroxylation is 1. The highest BCUT2D eigenvalue weighted by molar-refractivity contribution is 7.22. The quantitative estimate of drug-likeness (QED) is 0.527. The van der Waals surface area contributed by atoms with Crippen LogP contribution in [0.5, 0.6) is 0 Å². The van der Waals surface area contributed by atoms with Gasteiger partial charge in [-0.25, -0.2) is 4.98 Å². The normalized spacial score (nSPS) is 10.8. The molecule has 7 heteroatoms. The van der Waals surface area contributed by atoms with Crippen LogP contribution in [0.1, 0.15) is 22.8 Å². The standard InChI is InChI=1S/C17H15N3O3S/c1-3-19(16(21)12-7-9-13(10-8-12)20(22)23)17-18-15-11(2)5-4-6-14(15)24-17/h4-10H,3H2,1-2H3. The highest BCUT2D eigenvalue weighted by Gasteiger charge is 2.20. The van der Waals surface area contributed by atoms with Gasteiger partial charge in [-0.3, -0.25) is 19.8 Å². The van der Waals surface area contributed by atoms with Crippen molar-refractivity contribution in [2.45, 2.75) is 13.8 Å². The van der Waals surface area contributed by atoms with Gasteiger partial charge in [0.1, 0.15) is 0 Å². The van der Waals surface area contributed by atoms with E-state index in [1.807, 2.05) is 32.0 Å². The molecule has 1 aromatic heterocycles. The van der Waals surface area contributed by atoms with Crippen molar-refractivity contribution in [3.63, 3.8) is 0 Å². The summed E-state index contributed by atoms with van der Waals surface area (Å²) in [6.45, 7) is 4.33. The summed E-state index contributed by atoms with van der Waals surface area (Å²) in [5, 5.41) is 11.4. The van der Waals surface area contributed by atoms with Crippen LogP contribution in [-0.4, -0.2) is 22.4 Å². The first kappa shape index (κ1) is 16.1. The number of aromatic nitrogens is 1. The van der Waals surface area contributed by atoms with E-state index < -0.39 is 4.92 Å². The fourth-order valence-corrected chi connectivity index (χ4v) is 3.54. The van der Waals surface area contributed by atoms with Crippen LogP contribution in [0, 0.1) is 17.0 Å². The molecule has 3 rings (SSSR count). The first-order valence-corrected chi connectivity index (χ1v) is 8.25. The first-order valence-electron chi connectivity index (χ1n) is 7.43. The zero-order valence-corrected chi connectivity index (χ0v) is 14.0. The Kier molecular flexibility index (Phi) is 4.26. The maximum atomic E-state index is 12.7. The number of fused-ring (bicyclic) bond motifs is 1. The minimum Gasteiger partial charge on any atom is -0.284 e. The van der Waals surface area contributed by atoms with Gasteiger partial charge < -0.3 is 0 Å². The van der Waals surface area contributed by atoms with Gasteiger partial charge in [0.25, 0.3) is 11.6 Å². The number of anilines is 1. The second kappa shape index (κ2) is 6.37. The zero-order valence-electron chi connectivity index (χ0n) is 13.2. The summed E-state index contributed by atoms with van der Waals surface area (Å²) >= 11 is 1.46. The van der Waals surface area contributed by atoms with E-state index in [2.05, 4.69) is 4.98 Å². The van der Waals surface area contributed by atoms with Crippen molar-refractivity contribution in [3.05, 3.63) is 63.7 Å². The molecule has 0 saturated carbocycles. The van der Waals surface area contributed by atoms with E-state index in [1.165, 1.54) is 35.6 Å². The summed E-state index contributed by atoms with van der Waals surface area (Å²) in [5.74, 6) is -0.218. The number of para-hydroxylation sites is 1. The highest BCUT2D eigenvalue weighted by atomic mass is 32.1. The maximum Gasteiger partial charge on any atom is 0.269 e. The van der Waals surface area contributed by atoms with Crippen molar-refractivity contribution in [2.75, 3.05) is 11.4 Å². The van der Waals surface area contributed by atoms with E-state index in [0.717, 1.165) is 15.8 Å². The summed E-state index contributed by atoms with van der Waals surface area (Å²) in [7, 11) is 0. The van der Waals surface area contributed by atoms with Gasteiger partial charge in [0.15, 0.2) is 5.13 Å². The van der Waals surface area contributed by atoms with E-state index in [0.29, 0.717) is 17.2 Å². The number of nitro benzene ring substituents is 1. The van der Waals surface area contributed by atoms with Gasteiger partial charge in [0.05, 0.1) is 15.1 Å². The molecule has 1 heterocycles. The average molecular weight is 341 g/mol. The number of hydrogen-bond donors (Lipinski definition) is 0. The van der Waals surface area contributed by atoms with Crippen molar-refractivity contribution in [1.29, 1.82) is 0 Å². The number of thiazole rings is 1. The topological polar surface area (TPSA) is 76.3 Å². The second-order valence-electron chi connectivity index (χ2n) is 5.27. The maximum absolute atomic E-state index is 12.7. The molecule has 0 spiro atoms. The lowest BCUT2D eigenvalue weighted by Crippen LogP contribution is -2.30. The van der Waals surface area contributed by atoms with Crippen LogP contribution in [0.3, 0.4) is 0 Å². The lowest BCUT2D eigenvalue weighted by atomic mass is 10.2. The molecule has 122 valence electrons. The zero-order chi connectivity index (χ0) is 17.3. The molecule has 3 aromatic rings. The van der Waals surface area contributed by atoms with Crippen molar-refractivity contribution in [1.82, 2.24) is 4.98 Å². The molecule has 0 aliphatic rings. The van der Waals surface area contributed by atoms with E-state index in [4.69, 9.17) is 0 Å². The summed E-state index contributed by atoms with van der Waals surface area (Å²) in [6, 6.07) is 11.6. The lowest BCUT2D eigenvalue weighted by molar-refractivity contribution is -0.384. The predicted octanol–water partition coefficient (Wildman–Crippen LogP) is 4.18. The molecule has 2 aromatic carbocycles. The summed E-state index contributed by atoms with van der Waals surface area (Å²) in [5.41, 5.74) is 2.32. The molecule has 6 nitrogen and oxygen atoms in total. The molecule has 0 aliphatic heterocycles. The molecule has 0 N–H and O–H groups in total. The molecular weight excluding hydrogens is 326 g/mol. The number of carbonyl (C=O) groups excluding carboxylic acids is 1. The molecule has 0 atom stereocenters. The Balaban J connectivity index is 1.96. The van der Waals surface area contributed by atoms with Crippen LogP contribution in [0.15, 0.2) is 42.5 Å². The largest absolute Gasteiger partial charge is 0.284 e. The smallest absolute Gasteiger partial charge is 0.269 e. The molecule has 0 aliphatic carbocycles. The highest BCUT2D eigenvalue weighted by Crippen LogP contribution is 2.31. The molecule has 0 unspecified atom stereocenters. The van der Waals surface area contributed by atoms with Crippen LogP contribution < -0.4 is 4.90 Å².